The van der Waals surface area contributed by atoms with Crippen LogP contribution in [0.4, 0.5) is 0 Å². The van der Waals surface area contributed by atoms with Crippen LogP contribution >= 0.6 is 0 Å². The summed E-state index contributed by atoms with van der Waals surface area (Å²) in [5.74, 6) is 0.252. The zero-order valence-electron chi connectivity index (χ0n) is 7.26. The Morgan fingerprint density at radius 2 is 2.27 bits per heavy atom. The summed E-state index contributed by atoms with van der Waals surface area (Å²) in [7, 11) is 0. The second-order valence-corrected chi connectivity index (χ2v) is 2.49. The summed E-state index contributed by atoms with van der Waals surface area (Å²) in [6.45, 7) is 3.57. The summed E-state index contributed by atoms with van der Waals surface area (Å²) < 4.78 is 0. The molecule has 1 aliphatic rings. The third kappa shape index (κ3) is 4.73. The maximum atomic E-state index is 10.6. The highest BCUT2D eigenvalue weighted by Crippen LogP contribution is 2.17. The Morgan fingerprint density at radius 3 is 2.45 bits per heavy atom. The smallest absolute Gasteiger partial charge is 0.155 e. The van der Waals surface area contributed by atoms with Crippen molar-refractivity contribution in [3.8, 4) is 0 Å². The van der Waals surface area contributed by atoms with E-state index in [0.29, 0.717) is 0 Å². The van der Waals surface area contributed by atoms with Crippen molar-refractivity contribution in [2.45, 2.75) is 33.1 Å². The van der Waals surface area contributed by atoms with Gasteiger partial charge >= 0.3 is 0 Å². The van der Waals surface area contributed by atoms with Gasteiger partial charge in [0.1, 0.15) is 0 Å². The molecule has 0 aromatic rings. The molecular formula is C9H16O2. The molecule has 0 amide bonds. The first kappa shape index (κ1) is 10.4. The van der Waals surface area contributed by atoms with Gasteiger partial charge in [-0.1, -0.05) is 6.08 Å². The minimum Gasteiger partial charge on any atom is -0.397 e. The van der Waals surface area contributed by atoms with Crippen LogP contribution in [0.3, 0.4) is 0 Å². The molecule has 0 bridgehead atoms. The van der Waals surface area contributed by atoms with E-state index in [1.807, 2.05) is 6.08 Å². The van der Waals surface area contributed by atoms with Crippen molar-refractivity contribution in [3.63, 3.8) is 0 Å². The van der Waals surface area contributed by atoms with Gasteiger partial charge in [0.05, 0.1) is 0 Å². The highest BCUT2D eigenvalue weighted by molar-refractivity contribution is 5.93. The predicted molar refractivity (Wildman–Crippen MR) is 45.4 cm³/mol. The van der Waals surface area contributed by atoms with Crippen LogP contribution in [0.25, 0.3) is 0 Å². The van der Waals surface area contributed by atoms with Crippen molar-refractivity contribution in [1.82, 2.24) is 0 Å². The first-order valence-corrected chi connectivity index (χ1v) is 4.03. The van der Waals surface area contributed by atoms with Crippen LogP contribution in [-0.2, 0) is 4.79 Å². The van der Waals surface area contributed by atoms with Crippen molar-refractivity contribution >= 4 is 5.78 Å². The maximum absolute atomic E-state index is 10.6. The van der Waals surface area contributed by atoms with Gasteiger partial charge < -0.3 is 5.11 Å². The molecule has 0 spiro atoms. The molecule has 0 heterocycles. The quantitative estimate of drug-likeness (QED) is 0.627. The molecule has 0 unspecified atom stereocenters. The molecule has 0 radical (unpaired) electrons. The topological polar surface area (TPSA) is 37.3 Å². The summed E-state index contributed by atoms with van der Waals surface area (Å²) in [6.07, 6.45) is 5.33. The summed E-state index contributed by atoms with van der Waals surface area (Å²) in [5, 5.41) is 7.57. The Kier molecular flexibility index (Phi) is 5.75. The van der Waals surface area contributed by atoms with E-state index in [0.717, 1.165) is 18.4 Å². The lowest BCUT2D eigenvalue weighted by Crippen LogP contribution is -1.90. The molecular weight excluding hydrogens is 140 g/mol. The van der Waals surface area contributed by atoms with Crippen molar-refractivity contribution in [1.29, 1.82) is 0 Å². The Labute approximate surface area is 67.9 Å². The number of carbonyl (C=O) groups excluding carboxylic acids is 1. The molecule has 0 aromatic heterocycles. The number of aliphatic hydroxyl groups excluding tert-OH is 1. The van der Waals surface area contributed by atoms with Gasteiger partial charge in [0, 0.05) is 6.61 Å². The van der Waals surface area contributed by atoms with E-state index in [-0.39, 0.29) is 12.4 Å². The van der Waals surface area contributed by atoms with Gasteiger partial charge in [0.2, 0.25) is 0 Å². The zero-order chi connectivity index (χ0) is 8.69. The molecule has 0 aromatic carbocycles. The lowest BCUT2D eigenvalue weighted by Gasteiger charge is -1.88. The SMILES string of the molecule is CC(=O)C1=CCCC1.CCO. The van der Waals surface area contributed by atoms with Gasteiger partial charge in [-0.05, 0) is 38.7 Å². The number of hydrogen-bond acceptors (Lipinski definition) is 2. The van der Waals surface area contributed by atoms with Crippen LogP contribution in [0.1, 0.15) is 33.1 Å². The Balaban J connectivity index is 0.000000292. The minimum atomic E-state index is 0.250. The van der Waals surface area contributed by atoms with E-state index in [9.17, 15) is 4.79 Å². The van der Waals surface area contributed by atoms with Gasteiger partial charge in [-0.3, -0.25) is 4.79 Å². The monoisotopic (exact) mass is 156 g/mol. The van der Waals surface area contributed by atoms with Crippen molar-refractivity contribution in [2.24, 2.45) is 0 Å². The van der Waals surface area contributed by atoms with E-state index in [4.69, 9.17) is 5.11 Å². The number of carbonyl (C=O) groups is 1. The largest absolute Gasteiger partial charge is 0.397 e. The molecule has 1 aliphatic carbocycles. The van der Waals surface area contributed by atoms with E-state index in [1.165, 1.54) is 6.42 Å². The van der Waals surface area contributed by atoms with Crippen molar-refractivity contribution in [3.05, 3.63) is 11.6 Å². The molecule has 0 saturated carbocycles. The second-order valence-electron chi connectivity index (χ2n) is 2.49. The normalized spacial score (nSPS) is 15.0. The van der Waals surface area contributed by atoms with E-state index in [2.05, 4.69) is 0 Å². The molecule has 2 nitrogen and oxygen atoms in total. The average molecular weight is 156 g/mol. The summed E-state index contributed by atoms with van der Waals surface area (Å²) in [6, 6.07) is 0. The molecule has 64 valence electrons. The number of ketones is 1. The second kappa shape index (κ2) is 6.10. The fraction of sp³-hybridized carbons (Fsp3) is 0.667. The zero-order valence-corrected chi connectivity index (χ0v) is 7.26. The van der Waals surface area contributed by atoms with Crippen molar-refractivity contribution in [2.75, 3.05) is 6.61 Å². The molecule has 2 heteroatoms. The summed E-state index contributed by atoms with van der Waals surface area (Å²) in [4.78, 5) is 10.6. The van der Waals surface area contributed by atoms with E-state index >= 15 is 0 Å². The molecule has 1 rings (SSSR count). The van der Waals surface area contributed by atoms with Gasteiger partial charge in [-0.25, -0.2) is 0 Å². The lowest BCUT2D eigenvalue weighted by molar-refractivity contribution is -0.113. The highest BCUT2D eigenvalue weighted by Gasteiger charge is 2.06. The van der Waals surface area contributed by atoms with Crippen LogP contribution in [0.2, 0.25) is 0 Å². The molecule has 0 fully saturated rings. The lowest BCUT2D eigenvalue weighted by atomic mass is 10.2. The maximum Gasteiger partial charge on any atom is 0.155 e. The van der Waals surface area contributed by atoms with Gasteiger partial charge in [0.25, 0.3) is 0 Å². The number of hydrogen-bond donors (Lipinski definition) is 1. The van der Waals surface area contributed by atoms with Gasteiger partial charge in [-0.2, -0.15) is 0 Å². The predicted octanol–water partition coefficient (Wildman–Crippen LogP) is 1.68. The Bertz CT molecular complexity index is 148. The number of Topliss-reactive ketones (excluding diaryl/α,β-unsaturated/α-hetero) is 1. The van der Waals surface area contributed by atoms with E-state index < -0.39 is 0 Å². The van der Waals surface area contributed by atoms with Gasteiger partial charge in [-0.15, -0.1) is 0 Å². The fourth-order valence-electron chi connectivity index (χ4n) is 0.991. The number of allylic oxidation sites excluding steroid dienone is 2. The Morgan fingerprint density at radius 1 is 1.73 bits per heavy atom. The number of aliphatic hydroxyl groups is 1. The average Bonchev–Trinajstić information content (AvgIpc) is 2.38. The van der Waals surface area contributed by atoms with Crippen LogP contribution in [0.15, 0.2) is 11.6 Å². The standard InChI is InChI=1S/C7H10O.C2H6O/c1-6(8)7-4-2-3-5-7;1-2-3/h4H,2-3,5H2,1H3;3H,2H2,1H3. The van der Waals surface area contributed by atoms with Gasteiger partial charge in [0.15, 0.2) is 5.78 Å². The molecule has 0 atom stereocenters. The van der Waals surface area contributed by atoms with E-state index in [1.54, 1.807) is 13.8 Å². The molecule has 11 heavy (non-hydrogen) atoms. The fourth-order valence-corrected chi connectivity index (χ4v) is 0.991. The minimum absolute atomic E-state index is 0.250. The first-order chi connectivity index (χ1) is 5.22. The van der Waals surface area contributed by atoms with Crippen molar-refractivity contribution < 1.29 is 9.90 Å². The van der Waals surface area contributed by atoms with Crippen LogP contribution in [0, 0.1) is 0 Å². The highest BCUT2D eigenvalue weighted by atomic mass is 16.2. The van der Waals surface area contributed by atoms with Crippen LogP contribution in [-0.4, -0.2) is 17.5 Å². The first-order valence-electron chi connectivity index (χ1n) is 4.03. The summed E-state index contributed by atoms with van der Waals surface area (Å²) in [5.41, 5.74) is 1.03. The third-order valence-electron chi connectivity index (χ3n) is 1.49. The van der Waals surface area contributed by atoms with Crippen LogP contribution < -0.4 is 0 Å². The third-order valence-corrected chi connectivity index (χ3v) is 1.49. The molecule has 1 N–H and O–H groups in total. The summed E-state index contributed by atoms with van der Waals surface area (Å²) >= 11 is 0. The number of rotatable bonds is 1. The van der Waals surface area contributed by atoms with Crippen LogP contribution in [0.5, 0.6) is 0 Å². The molecule has 0 saturated heterocycles. The molecule has 0 aliphatic heterocycles. The Hall–Kier alpha value is -0.630.